The first kappa shape index (κ1) is 12.9. The topological polar surface area (TPSA) is 56.6 Å². The number of aliphatic hydroxyl groups excluding tert-OH is 1. The largest absolute Gasteiger partial charge is 0.389 e. The molecule has 0 saturated heterocycles. The summed E-state index contributed by atoms with van der Waals surface area (Å²) in [5, 5.41) is 19.2. The first-order valence-electron chi connectivity index (χ1n) is 5.37. The van der Waals surface area contributed by atoms with Crippen LogP contribution in [-0.2, 0) is 0 Å². The maximum Gasteiger partial charge on any atom is 0.128 e. The van der Waals surface area contributed by atoms with Crippen molar-refractivity contribution in [2.45, 2.75) is 32.5 Å². The number of nitrogens with zero attached hydrogens (tertiary/aromatic N) is 2. The minimum Gasteiger partial charge on any atom is -0.389 e. The van der Waals surface area contributed by atoms with Crippen LogP contribution < -0.4 is 4.90 Å². The van der Waals surface area contributed by atoms with Crippen LogP contribution in [0.3, 0.4) is 0 Å². The van der Waals surface area contributed by atoms with Gasteiger partial charge in [-0.05, 0) is 38.5 Å². The Morgan fingerprint density at radius 1 is 1.50 bits per heavy atom. The van der Waals surface area contributed by atoms with Gasteiger partial charge in [-0.1, -0.05) is 0 Å². The molecule has 16 heavy (non-hydrogen) atoms. The first-order valence-corrected chi connectivity index (χ1v) is 5.37. The molecule has 0 amide bonds. The highest BCUT2D eigenvalue weighted by Crippen LogP contribution is 2.18. The second-order valence-corrected chi connectivity index (χ2v) is 4.79. The predicted molar refractivity (Wildman–Crippen MR) is 64.4 cm³/mol. The van der Waals surface area contributed by atoms with E-state index in [0.29, 0.717) is 6.54 Å². The number of aliphatic hydroxyl groups is 2. The smallest absolute Gasteiger partial charge is 0.128 e. The van der Waals surface area contributed by atoms with Crippen LogP contribution >= 0.6 is 0 Å². The van der Waals surface area contributed by atoms with Gasteiger partial charge in [0.1, 0.15) is 5.82 Å². The summed E-state index contributed by atoms with van der Waals surface area (Å²) < 4.78 is 0. The number of rotatable bonds is 4. The molecule has 4 nitrogen and oxygen atoms in total. The Labute approximate surface area is 96.6 Å². The molecule has 1 heterocycles. The van der Waals surface area contributed by atoms with E-state index in [1.807, 2.05) is 18.0 Å². The van der Waals surface area contributed by atoms with Gasteiger partial charge in [0.25, 0.3) is 0 Å². The fourth-order valence-electron chi connectivity index (χ4n) is 1.56. The molecule has 1 unspecified atom stereocenters. The zero-order valence-corrected chi connectivity index (χ0v) is 10.3. The van der Waals surface area contributed by atoms with E-state index in [0.717, 1.165) is 11.4 Å². The molecule has 1 atom stereocenters. The van der Waals surface area contributed by atoms with Crippen molar-refractivity contribution in [1.82, 2.24) is 4.98 Å². The van der Waals surface area contributed by atoms with Gasteiger partial charge in [0, 0.05) is 19.8 Å². The molecule has 4 heteroatoms. The third kappa shape index (κ3) is 3.79. The van der Waals surface area contributed by atoms with E-state index in [4.69, 9.17) is 0 Å². The van der Waals surface area contributed by atoms with Crippen molar-refractivity contribution in [1.29, 1.82) is 0 Å². The summed E-state index contributed by atoms with van der Waals surface area (Å²) in [6.07, 6.45) is 1.16. The number of hydrogen-bond donors (Lipinski definition) is 2. The van der Waals surface area contributed by atoms with E-state index < -0.39 is 11.7 Å². The molecular weight excluding hydrogens is 204 g/mol. The van der Waals surface area contributed by atoms with Crippen molar-refractivity contribution < 1.29 is 10.2 Å². The minimum atomic E-state index is -0.767. The molecule has 0 fully saturated rings. The molecular formula is C12H20N2O2. The van der Waals surface area contributed by atoms with E-state index in [1.165, 1.54) is 0 Å². The van der Waals surface area contributed by atoms with Gasteiger partial charge in [-0.3, -0.25) is 0 Å². The highest BCUT2D eigenvalue weighted by molar-refractivity contribution is 5.41. The average Bonchev–Trinajstić information content (AvgIpc) is 2.15. The van der Waals surface area contributed by atoms with Crippen molar-refractivity contribution in [3.63, 3.8) is 0 Å². The van der Waals surface area contributed by atoms with E-state index in [1.54, 1.807) is 33.0 Å². The molecule has 0 aliphatic heterocycles. The molecule has 2 N–H and O–H groups in total. The lowest BCUT2D eigenvalue weighted by Gasteiger charge is -2.26. The van der Waals surface area contributed by atoms with E-state index in [9.17, 15) is 10.2 Å². The molecule has 0 radical (unpaired) electrons. The molecule has 0 saturated carbocycles. The first-order chi connectivity index (χ1) is 7.29. The minimum absolute atomic E-state index is 0.489. The van der Waals surface area contributed by atoms with Crippen molar-refractivity contribution in [2.24, 2.45) is 0 Å². The van der Waals surface area contributed by atoms with Gasteiger partial charge < -0.3 is 15.1 Å². The number of hydrogen-bond acceptors (Lipinski definition) is 4. The Hall–Kier alpha value is -1.13. The van der Waals surface area contributed by atoms with Crippen LogP contribution in [0.4, 0.5) is 5.82 Å². The van der Waals surface area contributed by atoms with Gasteiger partial charge in [0.05, 0.1) is 11.7 Å². The van der Waals surface area contributed by atoms with Crippen LogP contribution in [0.15, 0.2) is 18.3 Å². The molecule has 90 valence electrons. The van der Waals surface area contributed by atoms with Crippen LogP contribution in [0.2, 0.25) is 0 Å². The van der Waals surface area contributed by atoms with E-state index in [-0.39, 0.29) is 0 Å². The lowest BCUT2D eigenvalue weighted by Crippen LogP contribution is -2.36. The van der Waals surface area contributed by atoms with Gasteiger partial charge in [-0.2, -0.15) is 0 Å². The average molecular weight is 224 g/mol. The number of likely N-dealkylation sites (N-methyl/N-ethyl adjacent to an activating group) is 1. The summed E-state index contributed by atoms with van der Waals surface area (Å²) in [5.74, 6) is 0.750. The Balaban J connectivity index is 2.83. The van der Waals surface area contributed by atoms with Crippen molar-refractivity contribution in [3.8, 4) is 0 Å². The van der Waals surface area contributed by atoms with Crippen LogP contribution in [-0.4, -0.2) is 34.4 Å². The van der Waals surface area contributed by atoms with E-state index in [2.05, 4.69) is 4.98 Å². The molecule has 0 bridgehead atoms. The zero-order chi connectivity index (χ0) is 12.3. The standard InChI is InChI=1S/C12H20N2O2/c1-9(15)10-5-6-13-11(7-10)14(4)8-12(2,3)16/h5-7,9,15-16H,8H2,1-4H3. The third-order valence-corrected chi connectivity index (χ3v) is 2.27. The normalized spacial score (nSPS) is 13.6. The Morgan fingerprint density at radius 3 is 2.62 bits per heavy atom. The SMILES string of the molecule is CC(O)c1ccnc(N(C)CC(C)(C)O)c1. The van der Waals surface area contributed by atoms with Gasteiger partial charge in [0.15, 0.2) is 0 Å². The quantitative estimate of drug-likeness (QED) is 0.810. The monoisotopic (exact) mass is 224 g/mol. The Kier molecular flexibility index (Phi) is 3.88. The van der Waals surface area contributed by atoms with E-state index >= 15 is 0 Å². The molecule has 0 aliphatic carbocycles. The second kappa shape index (κ2) is 4.80. The van der Waals surface area contributed by atoms with Crippen LogP contribution in [0.1, 0.15) is 32.4 Å². The predicted octanol–water partition coefficient (Wildman–Crippen LogP) is 1.34. The Bertz CT molecular complexity index is 345. The summed E-state index contributed by atoms with van der Waals surface area (Å²) in [5.41, 5.74) is 0.0599. The fourth-order valence-corrected chi connectivity index (χ4v) is 1.56. The number of aromatic nitrogens is 1. The van der Waals surface area contributed by atoms with Gasteiger partial charge >= 0.3 is 0 Å². The lowest BCUT2D eigenvalue weighted by atomic mass is 10.1. The maximum atomic E-state index is 9.71. The molecule has 1 aromatic rings. The summed E-state index contributed by atoms with van der Waals surface area (Å²) in [6, 6.07) is 3.61. The fraction of sp³-hybridized carbons (Fsp3) is 0.583. The number of pyridine rings is 1. The summed E-state index contributed by atoms with van der Waals surface area (Å²) in [4.78, 5) is 6.08. The lowest BCUT2D eigenvalue weighted by molar-refractivity contribution is 0.0884. The molecule has 1 aromatic heterocycles. The van der Waals surface area contributed by atoms with Gasteiger partial charge in [-0.25, -0.2) is 4.98 Å². The molecule has 0 spiro atoms. The van der Waals surface area contributed by atoms with Gasteiger partial charge in [-0.15, -0.1) is 0 Å². The highest BCUT2D eigenvalue weighted by atomic mass is 16.3. The summed E-state index contributed by atoms with van der Waals surface area (Å²) >= 11 is 0. The molecule has 0 aliphatic rings. The van der Waals surface area contributed by atoms with Crippen molar-refractivity contribution in [3.05, 3.63) is 23.9 Å². The van der Waals surface area contributed by atoms with Gasteiger partial charge in [0.2, 0.25) is 0 Å². The third-order valence-electron chi connectivity index (χ3n) is 2.27. The zero-order valence-electron chi connectivity index (χ0n) is 10.3. The van der Waals surface area contributed by atoms with Crippen molar-refractivity contribution >= 4 is 5.82 Å². The Morgan fingerprint density at radius 2 is 2.12 bits per heavy atom. The highest BCUT2D eigenvalue weighted by Gasteiger charge is 2.17. The van der Waals surface area contributed by atoms with Crippen LogP contribution in [0, 0.1) is 0 Å². The van der Waals surface area contributed by atoms with Crippen LogP contribution in [0.25, 0.3) is 0 Å². The summed E-state index contributed by atoms with van der Waals surface area (Å²) in [6.45, 7) is 5.71. The maximum absolute atomic E-state index is 9.71. The number of anilines is 1. The summed E-state index contributed by atoms with van der Waals surface area (Å²) in [7, 11) is 1.87. The molecule has 0 aromatic carbocycles. The molecule has 1 rings (SSSR count). The van der Waals surface area contributed by atoms with Crippen molar-refractivity contribution in [2.75, 3.05) is 18.5 Å². The van der Waals surface area contributed by atoms with Crippen LogP contribution in [0.5, 0.6) is 0 Å². The second-order valence-electron chi connectivity index (χ2n) is 4.79.